The fourth-order valence-electron chi connectivity index (χ4n) is 3.61. The van der Waals surface area contributed by atoms with E-state index in [1.54, 1.807) is 24.3 Å². The third-order valence-corrected chi connectivity index (χ3v) is 7.31. The van der Waals surface area contributed by atoms with E-state index in [-0.39, 0.29) is 12.1 Å². The maximum absolute atomic E-state index is 13.4. The predicted molar refractivity (Wildman–Crippen MR) is 107 cm³/mol. The quantitative estimate of drug-likeness (QED) is 0.683. The molecule has 1 saturated heterocycles. The molecule has 0 saturated carbocycles. The van der Waals surface area contributed by atoms with E-state index >= 15 is 0 Å². The van der Waals surface area contributed by atoms with Gasteiger partial charge in [-0.15, -0.1) is 0 Å². The van der Waals surface area contributed by atoms with Gasteiger partial charge in [-0.25, -0.2) is 8.42 Å². The highest BCUT2D eigenvalue weighted by Crippen LogP contribution is 2.37. The number of rotatable bonds is 5. The summed E-state index contributed by atoms with van der Waals surface area (Å²) in [6, 6.07) is 12.1. The number of sulfone groups is 1. The Morgan fingerprint density at radius 1 is 1.09 bits per heavy atom. The minimum absolute atomic E-state index is 0.194. The van der Waals surface area contributed by atoms with Crippen molar-refractivity contribution in [3.63, 3.8) is 0 Å². The van der Waals surface area contributed by atoms with Crippen LogP contribution in [0.25, 0.3) is 0 Å². The van der Waals surface area contributed by atoms with Gasteiger partial charge < -0.3 is 10.2 Å². The summed E-state index contributed by atoms with van der Waals surface area (Å²) in [6.45, 7) is -0.829. The van der Waals surface area contributed by atoms with Crippen molar-refractivity contribution in [1.29, 1.82) is 5.26 Å². The SMILES string of the molecule is N#CCNC(=O)[C@@H]1C[C@@H](S(=O)(=O)c2ccccc2C(F)(F)F)CN1C(=O)c1ccccc1. The van der Waals surface area contributed by atoms with Crippen LogP contribution < -0.4 is 5.32 Å². The molecule has 7 nitrogen and oxygen atoms in total. The second-order valence-electron chi connectivity index (χ2n) is 7.11. The molecule has 2 atom stereocenters. The van der Waals surface area contributed by atoms with Crippen molar-refractivity contribution in [2.24, 2.45) is 0 Å². The molecule has 0 aliphatic carbocycles. The van der Waals surface area contributed by atoms with E-state index in [4.69, 9.17) is 5.26 Å². The standard InChI is InChI=1S/C21H18F3N3O4S/c22-21(23,24)16-8-4-5-9-18(16)32(30,31)15-12-17(19(28)26-11-10-25)27(13-15)20(29)14-6-2-1-3-7-14/h1-9,15,17H,11-13H2,(H,26,28)/t15-,17+/m1/s1. The summed E-state index contributed by atoms with van der Waals surface area (Å²) >= 11 is 0. The van der Waals surface area contributed by atoms with Crippen molar-refractivity contribution < 1.29 is 31.2 Å². The van der Waals surface area contributed by atoms with Crippen molar-refractivity contribution in [3.05, 3.63) is 65.7 Å². The smallest absolute Gasteiger partial charge is 0.341 e. The molecule has 1 aliphatic rings. The van der Waals surface area contributed by atoms with Gasteiger partial charge in [0.2, 0.25) is 5.91 Å². The van der Waals surface area contributed by atoms with Gasteiger partial charge in [0.25, 0.3) is 5.91 Å². The van der Waals surface area contributed by atoms with Gasteiger partial charge in [0.05, 0.1) is 21.8 Å². The number of nitriles is 1. The van der Waals surface area contributed by atoms with Crippen LogP contribution in [0.15, 0.2) is 59.5 Å². The van der Waals surface area contributed by atoms with Crippen molar-refractivity contribution in [1.82, 2.24) is 10.2 Å². The van der Waals surface area contributed by atoms with E-state index in [1.807, 2.05) is 0 Å². The normalized spacial score (nSPS) is 18.8. The van der Waals surface area contributed by atoms with Crippen molar-refractivity contribution in [3.8, 4) is 6.07 Å². The number of hydrogen-bond donors (Lipinski definition) is 1. The molecule has 3 rings (SSSR count). The zero-order valence-electron chi connectivity index (χ0n) is 16.5. The Bertz CT molecular complexity index is 1160. The average molecular weight is 465 g/mol. The van der Waals surface area contributed by atoms with Gasteiger partial charge in [-0.2, -0.15) is 18.4 Å². The molecule has 2 aromatic carbocycles. The molecule has 1 fully saturated rings. The Kier molecular flexibility index (Phi) is 6.55. The molecule has 1 aliphatic heterocycles. The van der Waals surface area contributed by atoms with E-state index in [0.717, 1.165) is 17.0 Å². The van der Waals surface area contributed by atoms with E-state index in [9.17, 15) is 31.2 Å². The Hall–Kier alpha value is -3.39. The molecule has 0 radical (unpaired) electrons. The zero-order chi connectivity index (χ0) is 23.5. The number of alkyl halides is 3. The van der Waals surface area contributed by atoms with Gasteiger partial charge in [-0.1, -0.05) is 30.3 Å². The summed E-state index contributed by atoms with van der Waals surface area (Å²) in [6.07, 6.45) is -5.30. The average Bonchev–Trinajstić information content (AvgIpc) is 3.23. The van der Waals surface area contributed by atoms with Crippen LogP contribution in [0.5, 0.6) is 0 Å². The van der Waals surface area contributed by atoms with Gasteiger partial charge in [0, 0.05) is 12.1 Å². The van der Waals surface area contributed by atoms with Crippen molar-refractivity contribution in [2.45, 2.75) is 28.8 Å². The highest BCUT2D eigenvalue weighted by atomic mass is 32.2. The van der Waals surface area contributed by atoms with Gasteiger partial charge in [0.15, 0.2) is 9.84 Å². The minimum atomic E-state index is -4.90. The summed E-state index contributed by atoms with van der Waals surface area (Å²) in [5.74, 6) is -1.39. The van der Waals surface area contributed by atoms with Crippen LogP contribution in [0.2, 0.25) is 0 Å². The van der Waals surface area contributed by atoms with Crippen LogP contribution in [0.1, 0.15) is 22.3 Å². The summed E-state index contributed by atoms with van der Waals surface area (Å²) in [7, 11) is -4.55. The van der Waals surface area contributed by atoms with E-state index in [2.05, 4.69) is 5.32 Å². The zero-order valence-corrected chi connectivity index (χ0v) is 17.4. The third kappa shape index (κ3) is 4.60. The number of nitrogens with one attached hydrogen (secondary N) is 1. The molecule has 32 heavy (non-hydrogen) atoms. The number of benzene rings is 2. The molecule has 11 heteroatoms. The van der Waals surface area contributed by atoms with Crippen LogP contribution >= 0.6 is 0 Å². The molecule has 0 spiro atoms. The first-order valence-corrected chi connectivity index (χ1v) is 11.0. The number of carbonyl (C=O) groups excluding carboxylic acids is 2. The van der Waals surface area contributed by atoms with Gasteiger partial charge in [-0.3, -0.25) is 9.59 Å². The van der Waals surface area contributed by atoms with Crippen LogP contribution in [0, 0.1) is 11.3 Å². The molecule has 0 unspecified atom stereocenters. The summed E-state index contributed by atoms with van der Waals surface area (Å²) < 4.78 is 66.6. The summed E-state index contributed by atoms with van der Waals surface area (Å²) in [5.41, 5.74) is -1.11. The van der Waals surface area contributed by atoms with E-state index < -0.39 is 62.5 Å². The number of amides is 2. The highest BCUT2D eigenvalue weighted by molar-refractivity contribution is 7.92. The maximum atomic E-state index is 13.4. The number of halogens is 3. The van der Waals surface area contributed by atoms with Gasteiger partial charge in [-0.05, 0) is 30.7 Å². The first-order valence-electron chi connectivity index (χ1n) is 9.48. The molecule has 168 valence electrons. The third-order valence-electron chi connectivity index (χ3n) is 5.13. The fourth-order valence-corrected chi connectivity index (χ4v) is 5.52. The van der Waals surface area contributed by atoms with Crippen molar-refractivity contribution >= 4 is 21.7 Å². The fraction of sp³-hybridized carbons (Fsp3) is 0.286. The topological polar surface area (TPSA) is 107 Å². The number of likely N-dealkylation sites (tertiary alicyclic amines) is 1. The highest BCUT2D eigenvalue weighted by Gasteiger charge is 2.47. The number of carbonyl (C=O) groups is 2. The monoisotopic (exact) mass is 465 g/mol. The first-order chi connectivity index (χ1) is 15.1. The lowest BCUT2D eigenvalue weighted by atomic mass is 10.1. The Morgan fingerprint density at radius 2 is 1.72 bits per heavy atom. The van der Waals surface area contributed by atoms with Gasteiger partial charge >= 0.3 is 6.18 Å². The van der Waals surface area contributed by atoms with Gasteiger partial charge in [0.1, 0.15) is 12.6 Å². The lowest BCUT2D eigenvalue weighted by Gasteiger charge is -2.23. The molecular formula is C21H18F3N3O4S. The summed E-state index contributed by atoms with van der Waals surface area (Å²) in [5, 5.41) is 9.56. The van der Waals surface area contributed by atoms with Crippen molar-refractivity contribution in [2.75, 3.05) is 13.1 Å². The van der Waals surface area contributed by atoms with Crippen LogP contribution in [0.3, 0.4) is 0 Å². The Balaban J connectivity index is 1.99. The maximum Gasteiger partial charge on any atom is 0.417 e. The van der Waals surface area contributed by atoms with Crippen LogP contribution in [-0.2, 0) is 20.8 Å². The van der Waals surface area contributed by atoms with Crippen LogP contribution in [0.4, 0.5) is 13.2 Å². The summed E-state index contributed by atoms with van der Waals surface area (Å²) in [4.78, 5) is 25.7. The molecular weight excluding hydrogens is 447 g/mol. The number of nitrogens with zero attached hydrogens (tertiary/aromatic N) is 2. The lowest BCUT2D eigenvalue weighted by Crippen LogP contribution is -2.46. The number of hydrogen-bond acceptors (Lipinski definition) is 5. The van der Waals surface area contributed by atoms with Crippen LogP contribution in [-0.4, -0.2) is 49.5 Å². The second-order valence-corrected chi connectivity index (χ2v) is 9.31. The molecule has 0 bridgehead atoms. The predicted octanol–water partition coefficient (Wildman–Crippen LogP) is 2.40. The Labute approximate surface area is 182 Å². The molecule has 0 aromatic heterocycles. The molecule has 1 heterocycles. The molecule has 2 amide bonds. The van der Waals surface area contributed by atoms with E-state index in [0.29, 0.717) is 6.07 Å². The van der Waals surface area contributed by atoms with E-state index in [1.165, 1.54) is 18.2 Å². The lowest BCUT2D eigenvalue weighted by molar-refractivity contribution is -0.139. The Morgan fingerprint density at radius 3 is 2.34 bits per heavy atom. The largest absolute Gasteiger partial charge is 0.417 e. The minimum Gasteiger partial charge on any atom is -0.341 e. The molecule has 1 N–H and O–H groups in total. The molecule has 2 aromatic rings. The first kappa shape index (κ1) is 23.3. The second kappa shape index (κ2) is 9.00.